The van der Waals surface area contributed by atoms with Crippen LogP contribution in [0.4, 0.5) is 5.69 Å². The molecule has 2 aliphatic heterocycles. The van der Waals surface area contributed by atoms with Crippen molar-refractivity contribution < 1.29 is 9.53 Å². The molecule has 0 saturated carbocycles. The Balaban J connectivity index is 1.47. The summed E-state index contributed by atoms with van der Waals surface area (Å²) in [5.74, 6) is 0.549. The standard InChI is InChI=1S/C16H21N3O2/c20-15(8-11-18-9-4-5-10-18)17-16-12-19(13-21-16)14-6-2-1-3-7-14/h1-3,6-7,12H,4-5,8-11,13H2,(H,17,20). The summed E-state index contributed by atoms with van der Waals surface area (Å²) >= 11 is 0. The van der Waals surface area contributed by atoms with Crippen molar-refractivity contribution in [1.29, 1.82) is 0 Å². The number of hydrogen-bond donors (Lipinski definition) is 1. The van der Waals surface area contributed by atoms with Crippen molar-refractivity contribution in [2.24, 2.45) is 0 Å². The van der Waals surface area contributed by atoms with Gasteiger partial charge in [-0.25, -0.2) is 0 Å². The van der Waals surface area contributed by atoms with Crippen molar-refractivity contribution in [3.05, 3.63) is 42.4 Å². The average molecular weight is 287 g/mol. The second-order valence-electron chi connectivity index (χ2n) is 5.42. The van der Waals surface area contributed by atoms with Crippen LogP contribution in [0.2, 0.25) is 0 Å². The number of benzene rings is 1. The third-order valence-corrected chi connectivity index (χ3v) is 3.84. The van der Waals surface area contributed by atoms with Crippen molar-refractivity contribution in [3.8, 4) is 0 Å². The Labute approximate surface area is 125 Å². The normalized spacial score (nSPS) is 18.5. The molecule has 0 unspecified atom stereocenters. The Morgan fingerprint density at radius 1 is 1.19 bits per heavy atom. The summed E-state index contributed by atoms with van der Waals surface area (Å²) in [7, 11) is 0. The van der Waals surface area contributed by atoms with Crippen LogP contribution in [0.1, 0.15) is 19.3 Å². The lowest BCUT2D eigenvalue weighted by Crippen LogP contribution is -2.29. The van der Waals surface area contributed by atoms with Crippen molar-refractivity contribution in [3.63, 3.8) is 0 Å². The summed E-state index contributed by atoms with van der Waals surface area (Å²) in [6.07, 6.45) is 4.86. The molecule has 1 fully saturated rings. The largest absolute Gasteiger partial charge is 0.456 e. The van der Waals surface area contributed by atoms with E-state index in [2.05, 4.69) is 10.2 Å². The van der Waals surface area contributed by atoms with E-state index >= 15 is 0 Å². The number of anilines is 1. The van der Waals surface area contributed by atoms with Gasteiger partial charge in [-0.05, 0) is 38.1 Å². The van der Waals surface area contributed by atoms with Crippen molar-refractivity contribution in [2.75, 3.05) is 31.3 Å². The Hall–Kier alpha value is -2.01. The number of carbonyl (C=O) groups is 1. The van der Waals surface area contributed by atoms with Crippen molar-refractivity contribution in [1.82, 2.24) is 10.2 Å². The number of rotatable bonds is 5. The first kappa shape index (κ1) is 13.9. The third-order valence-electron chi connectivity index (χ3n) is 3.84. The number of likely N-dealkylation sites (tertiary alicyclic amines) is 1. The number of carbonyl (C=O) groups excluding carboxylic acids is 1. The highest BCUT2D eigenvalue weighted by Gasteiger charge is 2.18. The van der Waals surface area contributed by atoms with Crippen LogP contribution in [0, 0.1) is 0 Å². The highest BCUT2D eigenvalue weighted by Crippen LogP contribution is 2.19. The Morgan fingerprint density at radius 3 is 2.71 bits per heavy atom. The molecule has 0 atom stereocenters. The molecule has 1 N–H and O–H groups in total. The minimum Gasteiger partial charge on any atom is -0.456 e. The minimum absolute atomic E-state index is 0.0167. The van der Waals surface area contributed by atoms with Gasteiger partial charge in [-0.15, -0.1) is 0 Å². The highest BCUT2D eigenvalue weighted by molar-refractivity contribution is 5.77. The molecule has 1 saturated heterocycles. The highest BCUT2D eigenvalue weighted by atomic mass is 16.5. The Morgan fingerprint density at radius 2 is 1.95 bits per heavy atom. The van der Waals surface area contributed by atoms with Gasteiger partial charge < -0.3 is 14.5 Å². The molecule has 0 aliphatic carbocycles. The fourth-order valence-corrected chi connectivity index (χ4v) is 2.66. The Bertz CT molecular complexity index is 510. The predicted octanol–water partition coefficient (Wildman–Crippen LogP) is 1.88. The van der Waals surface area contributed by atoms with Crippen LogP contribution in [0.3, 0.4) is 0 Å². The van der Waals surface area contributed by atoms with Gasteiger partial charge >= 0.3 is 0 Å². The fourth-order valence-electron chi connectivity index (χ4n) is 2.66. The summed E-state index contributed by atoms with van der Waals surface area (Å²) in [6.45, 7) is 3.51. The van der Waals surface area contributed by atoms with Gasteiger partial charge in [0.05, 0.1) is 6.20 Å². The van der Waals surface area contributed by atoms with Gasteiger partial charge in [0.1, 0.15) is 0 Å². The zero-order chi connectivity index (χ0) is 14.5. The topological polar surface area (TPSA) is 44.8 Å². The van der Waals surface area contributed by atoms with E-state index in [1.54, 1.807) is 0 Å². The molecule has 0 bridgehead atoms. The van der Waals surface area contributed by atoms with Gasteiger partial charge in [-0.2, -0.15) is 0 Å². The molecule has 112 valence electrons. The number of nitrogens with one attached hydrogen (secondary N) is 1. The van der Waals surface area contributed by atoms with E-state index in [1.165, 1.54) is 12.8 Å². The molecule has 5 heteroatoms. The Kier molecular flexibility index (Phi) is 4.40. The molecule has 21 heavy (non-hydrogen) atoms. The fraction of sp³-hybridized carbons (Fsp3) is 0.438. The summed E-state index contributed by atoms with van der Waals surface area (Å²) in [6, 6.07) is 9.97. The first-order chi connectivity index (χ1) is 10.3. The van der Waals surface area contributed by atoms with Crippen LogP contribution < -0.4 is 10.2 Å². The van der Waals surface area contributed by atoms with Crippen molar-refractivity contribution in [2.45, 2.75) is 19.3 Å². The van der Waals surface area contributed by atoms with E-state index in [4.69, 9.17) is 4.74 Å². The summed E-state index contributed by atoms with van der Waals surface area (Å²) in [5, 5.41) is 2.83. The molecule has 3 rings (SSSR count). The molecule has 0 spiro atoms. The number of hydrogen-bond acceptors (Lipinski definition) is 4. The molecule has 1 amide bonds. The van der Waals surface area contributed by atoms with Gasteiger partial charge in [0.15, 0.2) is 6.73 Å². The molecule has 2 heterocycles. The maximum atomic E-state index is 11.9. The van der Waals surface area contributed by atoms with Gasteiger partial charge in [0.2, 0.25) is 11.8 Å². The van der Waals surface area contributed by atoms with Crippen LogP contribution in [0.15, 0.2) is 42.4 Å². The molecule has 2 aliphatic rings. The van der Waals surface area contributed by atoms with E-state index in [1.807, 2.05) is 41.4 Å². The first-order valence-electron chi connectivity index (χ1n) is 7.50. The molecule has 0 radical (unpaired) electrons. The SMILES string of the molecule is O=C(CCN1CCCC1)NC1=CN(c2ccccc2)CO1. The second kappa shape index (κ2) is 6.63. The maximum Gasteiger partial charge on any atom is 0.228 e. The monoisotopic (exact) mass is 287 g/mol. The van der Waals surface area contributed by atoms with Crippen LogP contribution in [0.25, 0.3) is 0 Å². The minimum atomic E-state index is 0.0167. The number of nitrogens with zero attached hydrogens (tertiary/aromatic N) is 2. The number of ether oxygens (including phenoxy) is 1. The zero-order valence-electron chi connectivity index (χ0n) is 12.1. The van der Waals surface area contributed by atoms with Gasteiger partial charge in [0, 0.05) is 18.7 Å². The summed E-state index contributed by atoms with van der Waals surface area (Å²) < 4.78 is 5.50. The van der Waals surface area contributed by atoms with E-state index < -0.39 is 0 Å². The second-order valence-corrected chi connectivity index (χ2v) is 5.42. The van der Waals surface area contributed by atoms with Gasteiger partial charge in [0.25, 0.3) is 0 Å². The van der Waals surface area contributed by atoms with E-state index in [0.717, 1.165) is 25.3 Å². The molecule has 1 aromatic rings. The molecular weight excluding hydrogens is 266 g/mol. The average Bonchev–Trinajstić information content (AvgIpc) is 3.17. The molecule has 5 nitrogen and oxygen atoms in total. The maximum absolute atomic E-state index is 11.9. The number of para-hydroxylation sites is 1. The van der Waals surface area contributed by atoms with E-state index in [0.29, 0.717) is 19.0 Å². The molecule has 0 aromatic heterocycles. The van der Waals surface area contributed by atoms with Gasteiger partial charge in [-0.1, -0.05) is 18.2 Å². The van der Waals surface area contributed by atoms with Crippen LogP contribution in [-0.2, 0) is 9.53 Å². The smallest absolute Gasteiger partial charge is 0.228 e. The van der Waals surface area contributed by atoms with Crippen LogP contribution in [-0.4, -0.2) is 37.2 Å². The van der Waals surface area contributed by atoms with Crippen LogP contribution >= 0.6 is 0 Å². The van der Waals surface area contributed by atoms with E-state index in [-0.39, 0.29) is 5.91 Å². The third kappa shape index (κ3) is 3.76. The molecular formula is C16H21N3O2. The zero-order valence-corrected chi connectivity index (χ0v) is 12.1. The predicted molar refractivity (Wildman–Crippen MR) is 81.4 cm³/mol. The number of amides is 1. The molecule has 1 aromatic carbocycles. The van der Waals surface area contributed by atoms with Crippen LogP contribution in [0.5, 0.6) is 0 Å². The lowest BCUT2D eigenvalue weighted by atomic mass is 10.3. The lowest BCUT2D eigenvalue weighted by Gasteiger charge is -2.13. The quantitative estimate of drug-likeness (QED) is 0.898. The first-order valence-corrected chi connectivity index (χ1v) is 7.50. The summed E-state index contributed by atoms with van der Waals surface area (Å²) in [4.78, 5) is 16.2. The van der Waals surface area contributed by atoms with Crippen molar-refractivity contribution >= 4 is 11.6 Å². The summed E-state index contributed by atoms with van der Waals surface area (Å²) in [5.41, 5.74) is 1.05. The lowest BCUT2D eigenvalue weighted by molar-refractivity contribution is -0.121. The van der Waals surface area contributed by atoms with E-state index in [9.17, 15) is 4.79 Å². The van der Waals surface area contributed by atoms with Gasteiger partial charge in [-0.3, -0.25) is 10.1 Å².